The summed E-state index contributed by atoms with van der Waals surface area (Å²) in [5, 5.41) is 12.3. The van der Waals surface area contributed by atoms with Crippen molar-refractivity contribution in [2.45, 2.75) is 18.6 Å². The second-order valence-corrected chi connectivity index (χ2v) is 3.87. The van der Waals surface area contributed by atoms with Gasteiger partial charge in [-0.25, -0.2) is 0 Å². The summed E-state index contributed by atoms with van der Waals surface area (Å²) < 4.78 is 0. The van der Waals surface area contributed by atoms with Gasteiger partial charge in [0.2, 0.25) is 0 Å². The van der Waals surface area contributed by atoms with Crippen LogP contribution < -0.4 is 5.32 Å². The van der Waals surface area contributed by atoms with Crippen LogP contribution in [0.3, 0.4) is 0 Å². The molecule has 2 atom stereocenters. The molecular formula is C12H13NO2. The average molecular weight is 203 g/mol. The van der Waals surface area contributed by atoms with Gasteiger partial charge < -0.3 is 10.4 Å². The van der Waals surface area contributed by atoms with Gasteiger partial charge in [-0.15, -0.1) is 0 Å². The summed E-state index contributed by atoms with van der Waals surface area (Å²) in [7, 11) is 0. The molecule has 1 aliphatic heterocycles. The van der Waals surface area contributed by atoms with Gasteiger partial charge in [0.1, 0.15) is 0 Å². The van der Waals surface area contributed by atoms with Gasteiger partial charge in [0.15, 0.2) is 5.60 Å². The highest BCUT2D eigenvalue weighted by atomic mass is 16.3. The van der Waals surface area contributed by atoms with Crippen molar-refractivity contribution in [1.82, 2.24) is 5.32 Å². The van der Waals surface area contributed by atoms with Crippen molar-refractivity contribution in [2.75, 3.05) is 0 Å². The minimum atomic E-state index is -1.26. The van der Waals surface area contributed by atoms with Gasteiger partial charge in [-0.1, -0.05) is 42.5 Å². The molecule has 1 aliphatic rings. The van der Waals surface area contributed by atoms with Gasteiger partial charge >= 0.3 is 0 Å². The molecule has 3 heteroatoms. The van der Waals surface area contributed by atoms with Crippen LogP contribution in [0.4, 0.5) is 0 Å². The lowest BCUT2D eigenvalue weighted by atomic mass is 9.86. The highest BCUT2D eigenvalue weighted by molar-refractivity contribution is 5.93. The average Bonchev–Trinajstić information content (AvgIpc) is 2.25. The number of rotatable bonds is 2. The quantitative estimate of drug-likeness (QED) is 0.703. The number of β-lactam (4-membered cyclic amide) rings is 1. The van der Waals surface area contributed by atoms with Crippen LogP contribution in [-0.4, -0.2) is 22.7 Å². The standard InChI is InChI=1S/C12H13NO2/c1-12(15)10(13-11(12)14)8-7-9-5-3-2-4-6-9/h2-8,10,15H,1H3,(H,13,14)/b8-7+/t10-,12+/m0/s1. The molecule has 2 rings (SSSR count). The van der Waals surface area contributed by atoms with Crippen LogP contribution in [0.15, 0.2) is 36.4 Å². The van der Waals surface area contributed by atoms with Gasteiger partial charge in [0, 0.05) is 0 Å². The summed E-state index contributed by atoms with van der Waals surface area (Å²) >= 11 is 0. The summed E-state index contributed by atoms with van der Waals surface area (Å²) in [5.74, 6) is -0.315. The molecular weight excluding hydrogens is 190 g/mol. The van der Waals surface area contributed by atoms with E-state index >= 15 is 0 Å². The van der Waals surface area contributed by atoms with E-state index in [1.165, 1.54) is 6.92 Å². The smallest absolute Gasteiger partial charge is 0.254 e. The van der Waals surface area contributed by atoms with E-state index in [1.54, 1.807) is 6.08 Å². The fourth-order valence-electron chi connectivity index (χ4n) is 1.50. The van der Waals surface area contributed by atoms with E-state index in [1.807, 2.05) is 36.4 Å². The molecule has 1 aromatic rings. The molecule has 0 aliphatic carbocycles. The first-order valence-corrected chi connectivity index (χ1v) is 4.87. The SMILES string of the molecule is C[C@]1(O)C(=O)N[C@H]1/C=C/c1ccccc1. The molecule has 0 aromatic heterocycles. The van der Waals surface area contributed by atoms with Crippen molar-refractivity contribution in [3.05, 3.63) is 42.0 Å². The van der Waals surface area contributed by atoms with E-state index in [2.05, 4.69) is 5.32 Å². The second kappa shape index (κ2) is 3.51. The lowest BCUT2D eigenvalue weighted by molar-refractivity contribution is -0.154. The molecule has 1 aromatic carbocycles. The van der Waals surface area contributed by atoms with Crippen molar-refractivity contribution in [3.8, 4) is 0 Å². The molecule has 15 heavy (non-hydrogen) atoms. The molecule has 2 N–H and O–H groups in total. The molecule has 1 saturated heterocycles. The molecule has 0 bridgehead atoms. The Kier molecular flexibility index (Phi) is 2.32. The van der Waals surface area contributed by atoms with Crippen molar-refractivity contribution >= 4 is 12.0 Å². The monoisotopic (exact) mass is 203 g/mol. The maximum absolute atomic E-state index is 11.0. The third-order valence-electron chi connectivity index (χ3n) is 2.63. The molecule has 1 heterocycles. The number of nitrogens with one attached hydrogen (secondary N) is 1. The van der Waals surface area contributed by atoms with Crippen molar-refractivity contribution in [3.63, 3.8) is 0 Å². The lowest BCUT2D eigenvalue weighted by Gasteiger charge is -2.40. The molecule has 0 spiro atoms. The molecule has 0 radical (unpaired) electrons. The largest absolute Gasteiger partial charge is 0.378 e. The van der Waals surface area contributed by atoms with E-state index in [-0.39, 0.29) is 11.9 Å². The number of hydrogen-bond donors (Lipinski definition) is 2. The van der Waals surface area contributed by atoms with E-state index in [9.17, 15) is 9.90 Å². The Labute approximate surface area is 88.4 Å². The first kappa shape index (κ1) is 9.93. The van der Waals surface area contributed by atoms with Crippen LogP contribution in [0.2, 0.25) is 0 Å². The minimum absolute atomic E-state index is 0.287. The maximum Gasteiger partial charge on any atom is 0.254 e. The third kappa shape index (κ3) is 1.78. The summed E-state index contributed by atoms with van der Waals surface area (Å²) in [6, 6.07) is 9.47. The fraction of sp³-hybridized carbons (Fsp3) is 0.250. The Bertz CT molecular complexity index is 395. The fourth-order valence-corrected chi connectivity index (χ4v) is 1.50. The van der Waals surface area contributed by atoms with Crippen LogP contribution in [0.1, 0.15) is 12.5 Å². The Morgan fingerprint density at radius 1 is 1.40 bits per heavy atom. The van der Waals surface area contributed by atoms with E-state index < -0.39 is 5.60 Å². The summed E-state index contributed by atoms with van der Waals surface area (Å²) in [5.41, 5.74) is -0.208. The second-order valence-electron chi connectivity index (χ2n) is 3.87. The van der Waals surface area contributed by atoms with Crippen LogP contribution >= 0.6 is 0 Å². The highest BCUT2D eigenvalue weighted by Crippen LogP contribution is 2.21. The Morgan fingerprint density at radius 3 is 2.60 bits per heavy atom. The highest BCUT2D eigenvalue weighted by Gasteiger charge is 2.48. The maximum atomic E-state index is 11.0. The Hall–Kier alpha value is -1.61. The molecule has 3 nitrogen and oxygen atoms in total. The number of carbonyl (C=O) groups is 1. The minimum Gasteiger partial charge on any atom is -0.378 e. The zero-order chi connectivity index (χ0) is 10.9. The van der Waals surface area contributed by atoms with Crippen LogP contribution in [0.25, 0.3) is 6.08 Å². The molecule has 0 unspecified atom stereocenters. The Balaban J connectivity index is 2.05. The van der Waals surface area contributed by atoms with Gasteiger partial charge in [0.25, 0.3) is 5.91 Å². The predicted octanol–water partition coefficient (Wildman–Crippen LogP) is 0.949. The number of benzene rings is 1. The Morgan fingerprint density at radius 2 is 2.07 bits per heavy atom. The number of hydrogen-bond acceptors (Lipinski definition) is 2. The molecule has 1 amide bonds. The van der Waals surface area contributed by atoms with Crippen LogP contribution in [-0.2, 0) is 4.79 Å². The third-order valence-corrected chi connectivity index (χ3v) is 2.63. The van der Waals surface area contributed by atoms with Crippen molar-refractivity contribution < 1.29 is 9.90 Å². The molecule has 1 fully saturated rings. The first-order valence-electron chi connectivity index (χ1n) is 4.87. The van der Waals surface area contributed by atoms with Gasteiger partial charge in [-0.3, -0.25) is 4.79 Å². The van der Waals surface area contributed by atoms with E-state index in [0.29, 0.717) is 0 Å². The molecule has 0 saturated carbocycles. The van der Waals surface area contributed by atoms with Crippen LogP contribution in [0.5, 0.6) is 0 Å². The topological polar surface area (TPSA) is 49.3 Å². The van der Waals surface area contributed by atoms with Gasteiger partial charge in [-0.05, 0) is 12.5 Å². The lowest BCUT2D eigenvalue weighted by Crippen LogP contribution is -2.70. The van der Waals surface area contributed by atoms with Crippen molar-refractivity contribution in [2.24, 2.45) is 0 Å². The summed E-state index contributed by atoms with van der Waals surface area (Å²) in [6.07, 6.45) is 3.69. The van der Waals surface area contributed by atoms with Crippen molar-refractivity contribution in [1.29, 1.82) is 0 Å². The first-order chi connectivity index (χ1) is 7.10. The molecule has 78 valence electrons. The van der Waals surface area contributed by atoms with E-state index in [0.717, 1.165) is 5.56 Å². The number of amides is 1. The summed E-state index contributed by atoms with van der Waals surface area (Å²) in [6.45, 7) is 1.52. The van der Waals surface area contributed by atoms with Gasteiger partial charge in [0.05, 0.1) is 6.04 Å². The normalized spacial score (nSPS) is 30.0. The van der Waals surface area contributed by atoms with Gasteiger partial charge in [-0.2, -0.15) is 0 Å². The number of aliphatic hydroxyl groups is 1. The zero-order valence-electron chi connectivity index (χ0n) is 8.47. The zero-order valence-corrected chi connectivity index (χ0v) is 8.47. The predicted molar refractivity (Wildman–Crippen MR) is 58.0 cm³/mol. The summed E-state index contributed by atoms with van der Waals surface area (Å²) in [4.78, 5) is 11.0. The van der Waals surface area contributed by atoms with E-state index in [4.69, 9.17) is 0 Å². The van der Waals surface area contributed by atoms with Crippen LogP contribution in [0, 0.1) is 0 Å². The number of carbonyl (C=O) groups excluding carboxylic acids is 1.